The first-order chi connectivity index (χ1) is 16.9. The van der Waals surface area contributed by atoms with E-state index in [9.17, 15) is 9.59 Å². The minimum absolute atomic E-state index is 0.128. The maximum Gasteiger partial charge on any atom is 0.338 e. The average Bonchev–Trinajstić information content (AvgIpc) is 3.43. The number of amides is 1. The first-order valence-corrected chi connectivity index (χ1v) is 11.2. The average molecular weight is 494 g/mol. The number of methoxy groups -OCH3 is 1. The van der Waals surface area contributed by atoms with Crippen molar-refractivity contribution in [1.82, 2.24) is 19.6 Å². The number of nitrogens with zero attached hydrogens (tertiary/aromatic N) is 4. The fourth-order valence-corrected chi connectivity index (χ4v) is 3.77. The molecule has 0 bridgehead atoms. The van der Waals surface area contributed by atoms with Crippen molar-refractivity contribution >= 4 is 29.2 Å². The SMILES string of the molecule is COC(=O)c1ccccc1Cn1nc(C)c(NC(=O)c2ccn(COc3cccc(Cl)c3)n2)c1C. The molecule has 0 saturated heterocycles. The Labute approximate surface area is 207 Å². The predicted molar refractivity (Wildman–Crippen MR) is 131 cm³/mol. The highest BCUT2D eigenvalue weighted by atomic mass is 35.5. The van der Waals surface area contributed by atoms with Crippen LogP contribution in [-0.4, -0.2) is 38.5 Å². The molecule has 0 unspecified atom stereocenters. The quantitative estimate of drug-likeness (QED) is 0.363. The van der Waals surface area contributed by atoms with Gasteiger partial charge in [-0.3, -0.25) is 9.48 Å². The van der Waals surface area contributed by atoms with E-state index in [0.717, 1.165) is 11.3 Å². The third-order valence-electron chi connectivity index (χ3n) is 5.40. The van der Waals surface area contributed by atoms with E-state index in [1.807, 2.05) is 26.0 Å². The normalized spacial score (nSPS) is 10.7. The van der Waals surface area contributed by atoms with Crippen LogP contribution in [0.5, 0.6) is 5.75 Å². The van der Waals surface area contributed by atoms with E-state index in [0.29, 0.717) is 34.3 Å². The molecule has 9 nitrogen and oxygen atoms in total. The Morgan fingerprint density at radius 1 is 1.06 bits per heavy atom. The number of ether oxygens (including phenoxy) is 2. The highest BCUT2D eigenvalue weighted by molar-refractivity contribution is 6.30. The second-order valence-corrected chi connectivity index (χ2v) is 8.21. The number of hydrogen-bond donors (Lipinski definition) is 1. The van der Waals surface area contributed by atoms with Crippen LogP contribution in [0.1, 0.15) is 37.8 Å². The van der Waals surface area contributed by atoms with Crippen LogP contribution in [0.4, 0.5) is 5.69 Å². The number of nitrogens with one attached hydrogen (secondary N) is 1. The van der Waals surface area contributed by atoms with E-state index in [1.165, 1.54) is 11.8 Å². The number of anilines is 1. The smallest absolute Gasteiger partial charge is 0.338 e. The van der Waals surface area contributed by atoms with E-state index >= 15 is 0 Å². The number of aromatic nitrogens is 4. The predicted octanol–water partition coefficient (Wildman–Crippen LogP) is 4.47. The minimum Gasteiger partial charge on any atom is -0.471 e. The first kappa shape index (κ1) is 24.0. The van der Waals surface area contributed by atoms with Gasteiger partial charge in [-0.25, -0.2) is 9.48 Å². The molecule has 2 heterocycles. The molecular formula is C25H24ClN5O4. The monoisotopic (exact) mass is 493 g/mol. The van der Waals surface area contributed by atoms with E-state index < -0.39 is 5.97 Å². The molecule has 0 fully saturated rings. The molecule has 1 amide bonds. The lowest BCUT2D eigenvalue weighted by Crippen LogP contribution is -2.15. The fourth-order valence-electron chi connectivity index (χ4n) is 3.59. The topological polar surface area (TPSA) is 100 Å². The second-order valence-electron chi connectivity index (χ2n) is 7.78. The molecule has 0 aliphatic heterocycles. The molecule has 2 aromatic carbocycles. The van der Waals surface area contributed by atoms with Crippen LogP contribution in [0, 0.1) is 13.8 Å². The van der Waals surface area contributed by atoms with Crippen molar-refractivity contribution in [2.45, 2.75) is 27.1 Å². The molecule has 0 radical (unpaired) electrons. The van der Waals surface area contributed by atoms with Crippen molar-refractivity contribution in [3.8, 4) is 5.75 Å². The Morgan fingerprint density at radius 3 is 2.63 bits per heavy atom. The molecule has 1 N–H and O–H groups in total. The summed E-state index contributed by atoms with van der Waals surface area (Å²) in [6, 6.07) is 15.8. The van der Waals surface area contributed by atoms with E-state index in [-0.39, 0.29) is 18.3 Å². The fraction of sp³-hybridized carbons (Fsp3) is 0.200. The standard InChI is InChI=1S/C25H24ClN5O4/c1-16-23(17(2)31(28-16)14-18-7-4-5-10-21(18)25(33)34-3)27-24(32)22-11-12-30(29-22)15-35-20-9-6-8-19(26)13-20/h4-13H,14-15H2,1-3H3,(H,27,32). The third kappa shape index (κ3) is 5.52. The Morgan fingerprint density at radius 2 is 1.86 bits per heavy atom. The molecule has 35 heavy (non-hydrogen) atoms. The zero-order valence-corrected chi connectivity index (χ0v) is 20.2. The number of rotatable bonds is 8. The van der Waals surface area contributed by atoms with Crippen molar-refractivity contribution in [3.05, 3.63) is 94.0 Å². The number of halogens is 1. The minimum atomic E-state index is -0.411. The van der Waals surface area contributed by atoms with Gasteiger partial charge in [0.05, 0.1) is 36.3 Å². The van der Waals surface area contributed by atoms with E-state index in [1.54, 1.807) is 53.3 Å². The van der Waals surface area contributed by atoms with Crippen LogP contribution in [0.25, 0.3) is 0 Å². The van der Waals surface area contributed by atoms with Gasteiger partial charge in [-0.2, -0.15) is 10.2 Å². The summed E-state index contributed by atoms with van der Waals surface area (Å²) in [4.78, 5) is 25.0. The zero-order chi connectivity index (χ0) is 24.9. The van der Waals surface area contributed by atoms with E-state index in [4.69, 9.17) is 21.1 Å². The maximum absolute atomic E-state index is 12.9. The van der Waals surface area contributed by atoms with Gasteiger partial charge < -0.3 is 14.8 Å². The summed E-state index contributed by atoms with van der Waals surface area (Å²) >= 11 is 5.97. The van der Waals surface area contributed by atoms with Gasteiger partial charge in [-0.1, -0.05) is 35.9 Å². The van der Waals surface area contributed by atoms with Crippen LogP contribution < -0.4 is 10.1 Å². The summed E-state index contributed by atoms with van der Waals surface area (Å²) in [7, 11) is 1.35. The molecular weight excluding hydrogens is 470 g/mol. The largest absolute Gasteiger partial charge is 0.471 e. The first-order valence-electron chi connectivity index (χ1n) is 10.8. The van der Waals surface area contributed by atoms with Gasteiger partial charge in [0.15, 0.2) is 12.4 Å². The van der Waals surface area contributed by atoms with Crippen LogP contribution in [0.3, 0.4) is 0 Å². The molecule has 10 heteroatoms. The lowest BCUT2D eigenvalue weighted by molar-refractivity contribution is 0.0599. The number of hydrogen-bond acceptors (Lipinski definition) is 6. The van der Waals surface area contributed by atoms with E-state index in [2.05, 4.69) is 15.5 Å². The van der Waals surface area contributed by atoms with Gasteiger partial charge in [0.2, 0.25) is 0 Å². The molecule has 4 rings (SSSR count). The summed E-state index contributed by atoms with van der Waals surface area (Å²) < 4.78 is 13.8. The third-order valence-corrected chi connectivity index (χ3v) is 5.63. The van der Waals surface area contributed by atoms with Crippen molar-refractivity contribution < 1.29 is 19.1 Å². The van der Waals surface area contributed by atoms with Crippen molar-refractivity contribution in [1.29, 1.82) is 0 Å². The lowest BCUT2D eigenvalue weighted by atomic mass is 10.1. The van der Waals surface area contributed by atoms with Gasteiger partial charge in [0.1, 0.15) is 5.75 Å². The molecule has 0 spiro atoms. The number of carbonyl (C=O) groups is 2. The molecule has 0 atom stereocenters. The Kier molecular flexibility index (Phi) is 7.17. The van der Waals surface area contributed by atoms with Gasteiger partial charge >= 0.3 is 5.97 Å². The number of carbonyl (C=O) groups excluding carboxylic acids is 2. The summed E-state index contributed by atoms with van der Waals surface area (Å²) in [6.07, 6.45) is 1.66. The summed E-state index contributed by atoms with van der Waals surface area (Å²) in [5, 5.41) is 12.3. The number of benzene rings is 2. The number of aryl methyl sites for hydroxylation is 1. The zero-order valence-electron chi connectivity index (χ0n) is 19.5. The van der Waals surface area contributed by atoms with Crippen LogP contribution in [-0.2, 0) is 18.0 Å². The molecule has 0 saturated carbocycles. The second kappa shape index (κ2) is 10.4. The van der Waals surface area contributed by atoms with Gasteiger partial charge in [0.25, 0.3) is 5.91 Å². The van der Waals surface area contributed by atoms with Crippen molar-refractivity contribution in [2.75, 3.05) is 12.4 Å². The summed E-state index contributed by atoms with van der Waals surface area (Å²) in [5.74, 6) is -0.177. The molecule has 0 aliphatic carbocycles. The lowest BCUT2D eigenvalue weighted by Gasteiger charge is -2.10. The highest BCUT2D eigenvalue weighted by Crippen LogP contribution is 2.22. The molecule has 180 valence electrons. The number of esters is 1. The Balaban J connectivity index is 1.45. The van der Waals surface area contributed by atoms with Crippen molar-refractivity contribution in [2.24, 2.45) is 0 Å². The van der Waals surface area contributed by atoms with Crippen molar-refractivity contribution in [3.63, 3.8) is 0 Å². The van der Waals surface area contributed by atoms with Crippen LogP contribution in [0.15, 0.2) is 60.8 Å². The van der Waals surface area contributed by atoms with Crippen LogP contribution in [0.2, 0.25) is 5.02 Å². The Hall–Kier alpha value is -4.11. The molecule has 4 aromatic rings. The van der Waals surface area contributed by atoms with Gasteiger partial charge in [0, 0.05) is 11.2 Å². The highest BCUT2D eigenvalue weighted by Gasteiger charge is 2.19. The van der Waals surface area contributed by atoms with Gasteiger partial charge in [-0.15, -0.1) is 0 Å². The molecule has 2 aromatic heterocycles. The summed E-state index contributed by atoms with van der Waals surface area (Å²) in [5.41, 5.74) is 3.46. The maximum atomic E-state index is 12.9. The summed E-state index contributed by atoms with van der Waals surface area (Å²) in [6.45, 7) is 4.14. The van der Waals surface area contributed by atoms with Gasteiger partial charge in [-0.05, 0) is 49.7 Å². The molecule has 0 aliphatic rings. The van der Waals surface area contributed by atoms with Crippen LogP contribution >= 0.6 is 11.6 Å². The Bertz CT molecular complexity index is 1380.